The zero-order valence-electron chi connectivity index (χ0n) is 13.1. The molecule has 0 radical (unpaired) electrons. The maximum atomic E-state index is 11.5. The molecule has 0 saturated heterocycles. The Balaban J connectivity index is 2.36. The van der Waals surface area contributed by atoms with Gasteiger partial charge in [-0.05, 0) is 51.8 Å². The summed E-state index contributed by atoms with van der Waals surface area (Å²) in [6.07, 6.45) is 0.656. The van der Waals surface area contributed by atoms with Crippen molar-refractivity contribution in [2.45, 2.75) is 52.7 Å². The molecule has 0 heterocycles. The van der Waals surface area contributed by atoms with E-state index in [1.807, 2.05) is 27.7 Å². The van der Waals surface area contributed by atoms with Gasteiger partial charge in [0.1, 0.15) is 5.60 Å². The molecule has 1 rings (SSSR count). The Labute approximate surface area is 121 Å². The van der Waals surface area contributed by atoms with Gasteiger partial charge in [-0.25, -0.2) is 4.79 Å². The van der Waals surface area contributed by atoms with E-state index in [2.05, 4.69) is 41.8 Å². The first-order valence-electron chi connectivity index (χ1n) is 7.12. The third-order valence-electron chi connectivity index (χ3n) is 2.73. The van der Waals surface area contributed by atoms with Crippen LogP contribution in [0.2, 0.25) is 0 Å². The van der Waals surface area contributed by atoms with Crippen LogP contribution in [0.15, 0.2) is 24.3 Å². The molecular formula is C16H26N2O2. The lowest BCUT2D eigenvalue weighted by molar-refractivity contribution is 0.0526. The molecule has 1 unspecified atom stereocenters. The third-order valence-corrected chi connectivity index (χ3v) is 2.73. The topological polar surface area (TPSA) is 50.4 Å². The minimum Gasteiger partial charge on any atom is -0.444 e. The molecule has 0 aromatic heterocycles. The zero-order valence-corrected chi connectivity index (χ0v) is 13.1. The standard InChI is InChI=1S/C16H26N2O2/c1-6-13-7-9-14(10-8-13)18-12(2)11-17-15(19)20-16(3,4)5/h7-10,12,18H,6,11H2,1-5H3,(H,17,19). The van der Waals surface area contributed by atoms with Gasteiger partial charge in [0.25, 0.3) is 0 Å². The molecule has 0 aliphatic heterocycles. The molecule has 0 aliphatic rings. The second-order valence-electron chi connectivity index (χ2n) is 5.98. The molecule has 4 nitrogen and oxygen atoms in total. The fourth-order valence-corrected chi connectivity index (χ4v) is 1.72. The second-order valence-corrected chi connectivity index (χ2v) is 5.98. The van der Waals surface area contributed by atoms with Crippen LogP contribution in [-0.4, -0.2) is 24.3 Å². The van der Waals surface area contributed by atoms with E-state index in [0.29, 0.717) is 6.54 Å². The van der Waals surface area contributed by atoms with Gasteiger partial charge in [-0.15, -0.1) is 0 Å². The summed E-state index contributed by atoms with van der Waals surface area (Å²) < 4.78 is 5.19. The van der Waals surface area contributed by atoms with E-state index in [0.717, 1.165) is 12.1 Å². The predicted molar refractivity (Wildman–Crippen MR) is 83.1 cm³/mol. The van der Waals surface area contributed by atoms with Crippen LogP contribution in [0.1, 0.15) is 40.2 Å². The van der Waals surface area contributed by atoms with Crippen molar-refractivity contribution in [3.63, 3.8) is 0 Å². The molecule has 1 amide bonds. The van der Waals surface area contributed by atoms with E-state index < -0.39 is 5.60 Å². The van der Waals surface area contributed by atoms with Crippen molar-refractivity contribution in [1.29, 1.82) is 0 Å². The summed E-state index contributed by atoms with van der Waals surface area (Å²) in [5.41, 5.74) is 1.91. The van der Waals surface area contributed by atoms with Crippen molar-refractivity contribution in [2.24, 2.45) is 0 Å². The highest BCUT2D eigenvalue weighted by atomic mass is 16.6. The van der Waals surface area contributed by atoms with Gasteiger partial charge in [-0.1, -0.05) is 19.1 Å². The molecule has 0 bridgehead atoms. The van der Waals surface area contributed by atoms with Gasteiger partial charge in [-0.2, -0.15) is 0 Å². The highest BCUT2D eigenvalue weighted by Gasteiger charge is 2.16. The highest BCUT2D eigenvalue weighted by Crippen LogP contribution is 2.11. The second kappa shape index (κ2) is 7.17. The molecule has 0 saturated carbocycles. The van der Waals surface area contributed by atoms with Gasteiger partial charge >= 0.3 is 6.09 Å². The molecule has 4 heteroatoms. The van der Waals surface area contributed by atoms with Crippen LogP contribution < -0.4 is 10.6 Å². The molecular weight excluding hydrogens is 252 g/mol. The number of hydrogen-bond donors (Lipinski definition) is 2. The van der Waals surface area contributed by atoms with Gasteiger partial charge in [0.2, 0.25) is 0 Å². The number of amides is 1. The lowest BCUT2D eigenvalue weighted by Gasteiger charge is -2.21. The summed E-state index contributed by atoms with van der Waals surface area (Å²) in [6, 6.07) is 8.47. The Bertz CT molecular complexity index is 421. The van der Waals surface area contributed by atoms with Crippen LogP contribution in [0.4, 0.5) is 10.5 Å². The Morgan fingerprint density at radius 1 is 1.25 bits per heavy atom. The average molecular weight is 278 g/mol. The molecule has 1 aromatic carbocycles. The molecule has 20 heavy (non-hydrogen) atoms. The van der Waals surface area contributed by atoms with Crippen LogP contribution in [0.25, 0.3) is 0 Å². The smallest absolute Gasteiger partial charge is 0.407 e. The number of nitrogens with one attached hydrogen (secondary N) is 2. The van der Waals surface area contributed by atoms with Crippen LogP contribution in [0, 0.1) is 0 Å². The number of aryl methyl sites for hydroxylation is 1. The summed E-state index contributed by atoms with van der Waals surface area (Å²) in [5.74, 6) is 0. The minimum atomic E-state index is -0.462. The monoisotopic (exact) mass is 278 g/mol. The summed E-state index contributed by atoms with van der Waals surface area (Å²) >= 11 is 0. The fraction of sp³-hybridized carbons (Fsp3) is 0.562. The largest absolute Gasteiger partial charge is 0.444 e. The van der Waals surface area contributed by atoms with E-state index >= 15 is 0 Å². The number of hydrogen-bond acceptors (Lipinski definition) is 3. The number of benzene rings is 1. The van der Waals surface area contributed by atoms with Gasteiger partial charge in [0.05, 0.1) is 0 Å². The summed E-state index contributed by atoms with van der Waals surface area (Å²) in [4.78, 5) is 11.5. The summed E-state index contributed by atoms with van der Waals surface area (Å²) in [7, 11) is 0. The van der Waals surface area contributed by atoms with Crippen molar-refractivity contribution in [2.75, 3.05) is 11.9 Å². The average Bonchev–Trinajstić information content (AvgIpc) is 2.35. The number of ether oxygens (including phenoxy) is 1. The predicted octanol–water partition coefficient (Wildman–Crippen LogP) is 3.57. The maximum absolute atomic E-state index is 11.5. The maximum Gasteiger partial charge on any atom is 0.407 e. The van der Waals surface area contributed by atoms with Crippen LogP contribution in [0.5, 0.6) is 0 Å². The number of rotatable bonds is 5. The summed E-state index contributed by atoms with van der Waals surface area (Å²) in [6.45, 7) is 10.2. The number of alkyl carbamates (subject to hydrolysis) is 1. The van der Waals surface area contributed by atoms with Crippen molar-refractivity contribution in [3.05, 3.63) is 29.8 Å². The SMILES string of the molecule is CCc1ccc(NC(C)CNC(=O)OC(C)(C)C)cc1. The molecule has 2 N–H and O–H groups in total. The van der Waals surface area contributed by atoms with Gasteiger partial charge in [-0.3, -0.25) is 0 Å². The first kappa shape index (κ1) is 16.3. The van der Waals surface area contributed by atoms with E-state index in [1.165, 1.54) is 5.56 Å². The number of anilines is 1. The first-order valence-corrected chi connectivity index (χ1v) is 7.12. The van der Waals surface area contributed by atoms with Gasteiger partial charge in [0.15, 0.2) is 0 Å². The number of carbonyl (C=O) groups is 1. The zero-order chi connectivity index (χ0) is 15.2. The van der Waals surface area contributed by atoms with E-state index in [1.54, 1.807) is 0 Å². The number of carbonyl (C=O) groups excluding carboxylic acids is 1. The normalized spacial score (nSPS) is 12.7. The Hall–Kier alpha value is -1.71. The first-order chi connectivity index (χ1) is 9.30. The Kier molecular flexibility index (Phi) is 5.86. The van der Waals surface area contributed by atoms with E-state index in [9.17, 15) is 4.79 Å². The minimum absolute atomic E-state index is 0.134. The highest BCUT2D eigenvalue weighted by molar-refractivity contribution is 5.67. The summed E-state index contributed by atoms with van der Waals surface area (Å²) in [5, 5.41) is 6.10. The Morgan fingerprint density at radius 3 is 2.35 bits per heavy atom. The quantitative estimate of drug-likeness (QED) is 0.865. The third kappa shape index (κ3) is 6.45. The van der Waals surface area contributed by atoms with E-state index in [4.69, 9.17) is 4.74 Å². The lowest BCUT2D eigenvalue weighted by atomic mass is 10.1. The van der Waals surface area contributed by atoms with Crippen molar-refractivity contribution in [3.8, 4) is 0 Å². The van der Waals surface area contributed by atoms with E-state index in [-0.39, 0.29) is 12.1 Å². The molecule has 0 aliphatic carbocycles. The molecule has 1 aromatic rings. The molecule has 0 spiro atoms. The molecule has 1 atom stereocenters. The van der Waals surface area contributed by atoms with Crippen LogP contribution >= 0.6 is 0 Å². The van der Waals surface area contributed by atoms with Gasteiger partial charge < -0.3 is 15.4 Å². The molecule has 0 fully saturated rings. The van der Waals surface area contributed by atoms with Crippen molar-refractivity contribution in [1.82, 2.24) is 5.32 Å². The lowest BCUT2D eigenvalue weighted by Crippen LogP contribution is -2.38. The van der Waals surface area contributed by atoms with Gasteiger partial charge in [0, 0.05) is 18.3 Å². The van der Waals surface area contributed by atoms with Crippen LogP contribution in [0.3, 0.4) is 0 Å². The molecule has 112 valence electrons. The Morgan fingerprint density at radius 2 is 1.85 bits per heavy atom. The van der Waals surface area contributed by atoms with Crippen molar-refractivity contribution < 1.29 is 9.53 Å². The van der Waals surface area contributed by atoms with Crippen molar-refractivity contribution >= 4 is 11.8 Å². The van der Waals surface area contributed by atoms with Crippen LogP contribution in [-0.2, 0) is 11.2 Å². The fourth-order valence-electron chi connectivity index (χ4n) is 1.72.